The van der Waals surface area contributed by atoms with Crippen LogP contribution in [0, 0.1) is 0 Å². The van der Waals surface area contributed by atoms with Crippen LogP contribution in [0.5, 0.6) is 0 Å². The zero-order valence-electron chi connectivity index (χ0n) is 8.79. The number of hydrogen-bond donors (Lipinski definition) is 1. The molecule has 0 aliphatic carbocycles. The van der Waals surface area contributed by atoms with E-state index in [-0.39, 0.29) is 9.52 Å². The molecule has 3 heteroatoms. The number of rotatable bonds is 5. The van der Waals surface area contributed by atoms with Crippen molar-refractivity contribution in [2.24, 2.45) is 0 Å². The lowest BCUT2D eigenvalue weighted by Crippen LogP contribution is -2.07. The van der Waals surface area contributed by atoms with Crippen molar-refractivity contribution in [2.45, 2.75) is 13.8 Å². The fraction of sp³-hybridized carbons (Fsp3) is 0.273. The average molecular weight is 207 g/mol. The molecule has 76 valence electrons. The minimum Gasteiger partial charge on any atom is -0.280 e. The van der Waals surface area contributed by atoms with Gasteiger partial charge >= 0.3 is 0 Å². The molecule has 0 aliphatic heterocycles. The Kier molecular flexibility index (Phi) is 5.03. The summed E-state index contributed by atoms with van der Waals surface area (Å²) >= 11 is 0. The zero-order valence-corrected chi connectivity index (χ0v) is 10.2. The standard InChI is InChI=1S/C11H17NOSi/c1-10(2)8-14-9-13-12-11-6-4-3-5-7-11/h3-8,12H,9,14H2,1-2H3. The molecule has 0 bridgehead atoms. The van der Waals surface area contributed by atoms with Crippen LogP contribution in [-0.2, 0) is 4.84 Å². The maximum atomic E-state index is 5.34. The van der Waals surface area contributed by atoms with Gasteiger partial charge in [-0.1, -0.05) is 29.5 Å². The summed E-state index contributed by atoms with van der Waals surface area (Å²) in [5.41, 5.74) is 7.62. The SMILES string of the molecule is CC(C)=C[SiH2]CONc1ccccc1. The minimum atomic E-state index is -0.199. The molecular weight excluding hydrogens is 190 g/mol. The molecule has 1 N–H and O–H groups in total. The minimum absolute atomic E-state index is 0.199. The molecular formula is C11H17NOSi. The molecule has 0 saturated carbocycles. The lowest BCUT2D eigenvalue weighted by molar-refractivity contribution is 0.246. The van der Waals surface area contributed by atoms with Gasteiger partial charge in [-0.15, -0.1) is 0 Å². The summed E-state index contributed by atoms with van der Waals surface area (Å²) in [4.78, 5) is 5.34. The van der Waals surface area contributed by atoms with Crippen molar-refractivity contribution >= 4 is 15.2 Å². The molecule has 0 heterocycles. The molecule has 0 unspecified atom stereocenters. The van der Waals surface area contributed by atoms with E-state index in [1.165, 1.54) is 5.57 Å². The molecule has 2 nitrogen and oxygen atoms in total. The van der Waals surface area contributed by atoms with E-state index in [1.54, 1.807) is 0 Å². The number of anilines is 1. The van der Waals surface area contributed by atoms with Crippen molar-refractivity contribution in [2.75, 3.05) is 11.7 Å². The van der Waals surface area contributed by atoms with E-state index in [0.29, 0.717) is 0 Å². The van der Waals surface area contributed by atoms with E-state index in [4.69, 9.17) is 4.84 Å². The first-order valence-corrected chi connectivity index (χ1v) is 6.67. The molecule has 0 saturated heterocycles. The molecule has 0 aromatic heterocycles. The summed E-state index contributed by atoms with van der Waals surface area (Å²) in [6.45, 7) is 4.25. The van der Waals surface area contributed by atoms with Crippen molar-refractivity contribution in [3.63, 3.8) is 0 Å². The van der Waals surface area contributed by atoms with Crippen molar-refractivity contribution in [1.29, 1.82) is 0 Å². The van der Waals surface area contributed by atoms with Crippen LogP contribution in [0.3, 0.4) is 0 Å². The van der Waals surface area contributed by atoms with E-state index in [2.05, 4.69) is 25.0 Å². The molecule has 0 radical (unpaired) electrons. The van der Waals surface area contributed by atoms with Gasteiger partial charge in [0.05, 0.1) is 21.4 Å². The predicted molar refractivity (Wildman–Crippen MR) is 64.0 cm³/mol. The number of para-hydroxylation sites is 1. The van der Waals surface area contributed by atoms with Gasteiger partial charge in [-0.25, -0.2) is 0 Å². The highest BCUT2D eigenvalue weighted by Gasteiger charge is 1.88. The van der Waals surface area contributed by atoms with E-state index in [9.17, 15) is 0 Å². The molecule has 1 rings (SSSR count). The monoisotopic (exact) mass is 207 g/mol. The highest BCUT2D eigenvalue weighted by molar-refractivity contribution is 6.42. The number of nitrogens with one attached hydrogen (secondary N) is 1. The summed E-state index contributed by atoms with van der Waals surface area (Å²) in [6.07, 6.45) is 0.833. The van der Waals surface area contributed by atoms with Crippen molar-refractivity contribution in [1.82, 2.24) is 0 Å². The van der Waals surface area contributed by atoms with Crippen LogP contribution in [0.2, 0.25) is 0 Å². The first-order chi connectivity index (χ1) is 6.79. The van der Waals surface area contributed by atoms with Crippen LogP contribution in [0.1, 0.15) is 13.8 Å². The summed E-state index contributed by atoms with van der Waals surface area (Å²) in [7, 11) is -0.199. The summed E-state index contributed by atoms with van der Waals surface area (Å²) in [5, 5.41) is 0. The third-order valence-electron chi connectivity index (χ3n) is 1.74. The van der Waals surface area contributed by atoms with Crippen molar-refractivity contribution in [3.8, 4) is 0 Å². The molecule has 1 aromatic rings. The summed E-state index contributed by atoms with van der Waals surface area (Å²) < 4.78 is 0. The topological polar surface area (TPSA) is 21.3 Å². The third kappa shape index (κ3) is 4.84. The van der Waals surface area contributed by atoms with Gasteiger partial charge in [0.25, 0.3) is 0 Å². The van der Waals surface area contributed by atoms with E-state index in [0.717, 1.165) is 11.9 Å². The highest BCUT2D eigenvalue weighted by atomic mass is 28.2. The molecule has 0 fully saturated rings. The maximum Gasteiger partial charge on any atom is 0.0790 e. The number of hydrogen-bond acceptors (Lipinski definition) is 2. The molecule has 0 spiro atoms. The second-order valence-corrected chi connectivity index (χ2v) is 4.78. The van der Waals surface area contributed by atoms with Gasteiger partial charge in [0.15, 0.2) is 0 Å². The molecule has 14 heavy (non-hydrogen) atoms. The zero-order chi connectivity index (χ0) is 10.2. The Morgan fingerprint density at radius 2 is 2.07 bits per heavy atom. The van der Waals surface area contributed by atoms with Gasteiger partial charge in [0.1, 0.15) is 0 Å². The third-order valence-corrected chi connectivity index (χ3v) is 3.28. The van der Waals surface area contributed by atoms with Crippen LogP contribution in [0.15, 0.2) is 41.6 Å². The quantitative estimate of drug-likeness (QED) is 0.453. The van der Waals surface area contributed by atoms with E-state index in [1.807, 2.05) is 30.3 Å². The normalized spacial score (nSPS) is 10.4. The Bertz CT molecular complexity index is 281. The van der Waals surface area contributed by atoms with Gasteiger partial charge in [0, 0.05) is 0 Å². The lowest BCUT2D eigenvalue weighted by Gasteiger charge is -2.04. The fourth-order valence-corrected chi connectivity index (χ4v) is 1.96. The molecule has 0 aliphatic rings. The smallest absolute Gasteiger partial charge is 0.0790 e. The Morgan fingerprint density at radius 3 is 2.71 bits per heavy atom. The number of allylic oxidation sites excluding steroid dienone is 1. The second kappa shape index (κ2) is 6.40. The van der Waals surface area contributed by atoms with Crippen LogP contribution in [0.25, 0.3) is 0 Å². The van der Waals surface area contributed by atoms with Crippen LogP contribution >= 0.6 is 0 Å². The second-order valence-electron chi connectivity index (χ2n) is 3.39. The predicted octanol–water partition coefficient (Wildman–Crippen LogP) is 2.08. The fourth-order valence-electron chi connectivity index (χ4n) is 1.05. The number of benzene rings is 1. The molecule has 0 atom stereocenters. The van der Waals surface area contributed by atoms with Crippen molar-refractivity contribution in [3.05, 3.63) is 41.6 Å². The Morgan fingerprint density at radius 1 is 1.36 bits per heavy atom. The lowest BCUT2D eigenvalue weighted by atomic mass is 10.3. The average Bonchev–Trinajstić information content (AvgIpc) is 2.18. The van der Waals surface area contributed by atoms with Gasteiger partial charge in [-0.05, 0) is 26.0 Å². The summed E-state index contributed by atoms with van der Waals surface area (Å²) in [5.74, 6) is 0. The Balaban J connectivity index is 2.14. The van der Waals surface area contributed by atoms with Crippen LogP contribution in [0.4, 0.5) is 5.69 Å². The van der Waals surface area contributed by atoms with Gasteiger partial charge in [-0.3, -0.25) is 10.3 Å². The highest BCUT2D eigenvalue weighted by Crippen LogP contribution is 2.03. The van der Waals surface area contributed by atoms with Gasteiger partial charge < -0.3 is 0 Å². The molecule has 1 aromatic carbocycles. The first kappa shape index (κ1) is 11.0. The Hall–Kier alpha value is -1.06. The Labute approximate surface area is 87.8 Å². The maximum absolute atomic E-state index is 5.34. The molecule has 0 amide bonds. The first-order valence-electron chi connectivity index (χ1n) is 4.85. The van der Waals surface area contributed by atoms with Gasteiger partial charge in [0.2, 0.25) is 0 Å². The van der Waals surface area contributed by atoms with Crippen LogP contribution < -0.4 is 5.48 Å². The van der Waals surface area contributed by atoms with E-state index < -0.39 is 0 Å². The van der Waals surface area contributed by atoms with E-state index >= 15 is 0 Å². The van der Waals surface area contributed by atoms with Gasteiger partial charge in [-0.2, -0.15) is 0 Å². The summed E-state index contributed by atoms with van der Waals surface area (Å²) in [6, 6.07) is 9.94. The largest absolute Gasteiger partial charge is 0.280 e. The van der Waals surface area contributed by atoms with Crippen LogP contribution in [-0.4, -0.2) is 15.7 Å². The van der Waals surface area contributed by atoms with Crippen molar-refractivity contribution < 1.29 is 4.84 Å².